The summed E-state index contributed by atoms with van der Waals surface area (Å²) >= 11 is 1.60. The Morgan fingerprint density at radius 3 is 2.40 bits per heavy atom. The third kappa shape index (κ3) is 5.35. The highest BCUT2D eigenvalue weighted by Crippen LogP contribution is 2.23. The molecular formula is C21H26N2OS. The summed E-state index contributed by atoms with van der Waals surface area (Å²) < 4.78 is 0. The molecule has 1 fully saturated rings. The summed E-state index contributed by atoms with van der Waals surface area (Å²) in [5, 5.41) is 3.00. The highest BCUT2D eigenvalue weighted by Gasteiger charge is 2.16. The Labute approximate surface area is 154 Å². The molecule has 0 spiro atoms. The third-order valence-electron chi connectivity index (χ3n) is 4.59. The van der Waals surface area contributed by atoms with Crippen LogP contribution in [0.1, 0.15) is 30.9 Å². The highest BCUT2D eigenvalue weighted by molar-refractivity contribution is 8.00. The summed E-state index contributed by atoms with van der Waals surface area (Å²) in [5.41, 5.74) is 2.55. The highest BCUT2D eigenvalue weighted by atomic mass is 32.2. The van der Waals surface area contributed by atoms with Crippen LogP contribution in [0.5, 0.6) is 0 Å². The molecule has 0 aromatic heterocycles. The lowest BCUT2D eigenvalue weighted by Gasteiger charge is -2.18. The quantitative estimate of drug-likeness (QED) is 0.761. The molecule has 1 unspecified atom stereocenters. The maximum atomic E-state index is 12.4. The van der Waals surface area contributed by atoms with E-state index in [4.69, 9.17) is 0 Å². The van der Waals surface area contributed by atoms with Gasteiger partial charge in [-0.05, 0) is 56.1 Å². The molecule has 2 aromatic rings. The SMILES string of the molecule is CC(Sc1ccccc1)C(=O)NCc1ccccc1CN1CCCC1. The zero-order chi connectivity index (χ0) is 17.5. The Morgan fingerprint density at radius 2 is 1.68 bits per heavy atom. The van der Waals surface area contributed by atoms with Crippen LogP contribution in [0.25, 0.3) is 0 Å². The molecule has 1 atom stereocenters. The van der Waals surface area contributed by atoms with Gasteiger partial charge in [0.1, 0.15) is 0 Å². The number of nitrogens with one attached hydrogen (secondary N) is 1. The van der Waals surface area contributed by atoms with Crippen molar-refractivity contribution in [1.82, 2.24) is 10.2 Å². The zero-order valence-corrected chi connectivity index (χ0v) is 15.6. The van der Waals surface area contributed by atoms with Gasteiger partial charge in [0.2, 0.25) is 5.91 Å². The van der Waals surface area contributed by atoms with Gasteiger partial charge in [-0.25, -0.2) is 0 Å². The number of benzene rings is 2. The van der Waals surface area contributed by atoms with Gasteiger partial charge in [0, 0.05) is 18.0 Å². The van der Waals surface area contributed by atoms with Gasteiger partial charge >= 0.3 is 0 Å². The second-order valence-corrected chi connectivity index (χ2v) is 7.96. The first-order valence-corrected chi connectivity index (χ1v) is 9.89. The third-order valence-corrected chi connectivity index (χ3v) is 5.70. The maximum absolute atomic E-state index is 12.4. The number of amides is 1. The minimum atomic E-state index is -0.104. The van der Waals surface area contributed by atoms with Crippen molar-refractivity contribution in [2.24, 2.45) is 0 Å². The summed E-state index contributed by atoms with van der Waals surface area (Å²) in [4.78, 5) is 16.1. The molecule has 1 N–H and O–H groups in total. The Balaban J connectivity index is 1.54. The fourth-order valence-electron chi connectivity index (χ4n) is 3.15. The van der Waals surface area contributed by atoms with Gasteiger partial charge in [-0.15, -0.1) is 11.8 Å². The van der Waals surface area contributed by atoms with E-state index in [1.807, 2.05) is 37.3 Å². The molecule has 1 amide bonds. The van der Waals surface area contributed by atoms with Crippen LogP contribution in [0.15, 0.2) is 59.5 Å². The molecule has 25 heavy (non-hydrogen) atoms. The average molecular weight is 355 g/mol. The van der Waals surface area contributed by atoms with Crippen molar-refractivity contribution in [1.29, 1.82) is 0 Å². The number of likely N-dealkylation sites (tertiary alicyclic amines) is 1. The van der Waals surface area contributed by atoms with Crippen LogP contribution < -0.4 is 5.32 Å². The Kier molecular flexibility index (Phi) is 6.54. The first kappa shape index (κ1) is 18.0. The minimum Gasteiger partial charge on any atom is -0.351 e. The Bertz CT molecular complexity index is 683. The summed E-state index contributed by atoms with van der Waals surface area (Å²) in [5.74, 6) is 0.0878. The van der Waals surface area contributed by atoms with Gasteiger partial charge in [0.05, 0.1) is 5.25 Å². The molecule has 2 aromatic carbocycles. The van der Waals surface area contributed by atoms with Gasteiger partial charge in [0.25, 0.3) is 0 Å². The van der Waals surface area contributed by atoms with Crippen molar-refractivity contribution in [3.05, 3.63) is 65.7 Å². The topological polar surface area (TPSA) is 32.3 Å². The molecule has 0 saturated carbocycles. The Morgan fingerprint density at radius 1 is 1.04 bits per heavy atom. The summed E-state index contributed by atoms with van der Waals surface area (Å²) in [6.07, 6.45) is 2.60. The number of carbonyl (C=O) groups excluding carboxylic acids is 1. The van der Waals surface area contributed by atoms with Gasteiger partial charge in [-0.2, -0.15) is 0 Å². The maximum Gasteiger partial charge on any atom is 0.233 e. The molecule has 1 saturated heterocycles. The van der Waals surface area contributed by atoms with E-state index < -0.39 is 0 Å². The van der Waals surface area contributed by atoms with Crippen molar-refractivity contribution in [3.8, 4) is 0 Å². The molecule has 0 aliphatic carbocycles. The molecule has 132 valence electrons. The molecule has 1 aliphatic rings. The summed E-state index contributed by atoms with van der Waals surface area (Å²) in [6, 6.07) is 18.5. The van der Waals surface area contributed by atoms with Gasteiger partial charge in [-0.1, -0.05) is 42.5 Å². The largest absolute Gasteiger partial charge is 0.351 e. The normalized spacial score (nSPS) is 15.9. The van der Waals surface area contributed by atoms with Crippen LogP contribution in [0.3, 0.4) is 0 Å². The van der Waals surface area contributed by atoms with Crippen molar-refractivity contribution in [2.75, 3.05) is 13.1 Å². The molecule has 3 rings (SSSR count). The van der Waals surface area contributed by atoms with Crippen LogP contribution >= 0.6 is 11.8 Å². The minimum absolute atomic E-state index is 0.0878. The molecule has 1 heterocycles. The monoisotopic (exact) mass is 354 g/mol. The number of hydrogen-bond acceptors (Lipinski definition) is 3. The van der Waals surface area contributed by atoms with Crippen LogP contribution in [0.4, 0.5) is 0 Å². The number of nitrogens with zero attached hydrogens (tertiary/aromatic N) is 1. The van der Waals surface area contributed by atoms with Crippen molar-refractivity contribution < 1.29 is 4.79 Å². The van der Waals surface area contributed by atoms with Crippen LogP contribution in [-0.2, 0) is 17.9 Å². The molecule has 3 nitrogen and oxygen atoms in total. The van der Waals surface area contributed by atoms with Crippen LogP contribution in [-0.4, -0.2) is 29.1 Å². The number of carbonyl (C=O) groups is 1. The van der Waals surface area contributed by atoms with E-state index >= 15 is 0 Å². The van der Waals surface area contributed by atoms with Gasteiger partial charge in [0.15, 0.2) is 0 Å². The first-order chi connectivity index (χ1) is 12.2. The summed E-state index contributed by atoms with van der Waals surface area (Å²) in [7, 11) is 0. The van der Waals surface area contributed by atoms with E-state index in [1.54, 1.807) is 11.8 Å². The van der Waals surface area contributed by atoms with Gasteiger partial charge < -0.3 is 5.32 Å². The van der Waals surface area contributed by atoms with E-state index in [0.717, 1.165) is 11.4 Å². The molecule has 0 bridgehead atoms. The molecule has 1 aliphatic heterocycles. The predicted octanol–water partition coefficient (Wildman–Crippen LogP) is 4.08. The van der Waals surface area contributed by atoms with E-state index in [9.17, 15) is 4.79 Å². The molecular weight excluding hydrogens is 328 g/mol. The van der Waals surface area contributed by atoms with E-state index in [2.05, 4.69) is 34.5 Å². The van der Waals surface area contributed by atoms with E-state index in [0.29, 0.717) is 6.54 Å². The fourth-order valence-corrected chi connectivity index (χ4v) is 4.06. The van der Waals surface area contributed by atoms with Crippen molar-refractivity contribution in [3.63, 3.8) is 0 Å². The van der Waals surface area contributed by atoms with E-state index in [-0.39, 0.29) is 11.2 Å². The lowest BCUT2D eigenvalue weighted by Crippen LogP contribution is -2.31. The average Bonchev–Trinajstić information content (AvgIpc) is 3.14. The smallest absolute Gasteiger partial charge is 0.233 e. The molecule has 4 heteroatoms. The summed E-state index contributed by atoms with van der Waals surface area (Å²) in [6.45, 7) is 5.92. The van der Waals surface area contributed by atoms with E-state index in [1.165, 1.54) is 37.1 Å². The second-order valence-electron chi connectivity index (χ2n) is 6.54. The number of thioether (sulfide) groups is 1. The predicted molar refractivity (Wildman–Crippen MR) is 105 cm³/mol. The van der Waals surface area contributed by atoms with Crippen molar-refractivity contribution in [2.45, 2.75) is 43.0 Å². The lowest BCUT2D eigenvalue weighted by molar-refractivity contribution is -0.120. The number of rotatable bonds is 7. The second kappa shape index (κ2) is 9.07. The lowest BCUT2D eigenvalue weighted by atomic mass is 10.1. The van der Waals surface area contributed by atoms with Crippen molar-refractivity contribution >= 4 is 17.7 Å². The zero-order valence-electron chi connectivity index (χ0n) is 14.8. The first-order valence-electron chi connectivity index (χ1n) is 9.01. The fraction of sp³-hybridized carbons (Fsp3) is 0.381. The number of hydrogen-bond donors (Lipinski definition) is 1. The van der Waals surface area contributed by atoms with Gasteiger partial charge in [-0.3, -0.25) is 9.69 Å². The standard InChI is InChI=1S/C21H26N2OS/c1-17(25-20-11-3-2-4-12-20)21(24)22-15-18-9-5-6-10-19(18)16-23-13-7-8-14-23/h2-6,9-12,17H,7-8,13-16H2,1H3,(H,22,24). The Hall–Kier alpha value is -1.78. The molecule has 0 radical (unpaired) electrons. The van der Waals surface area contributed by atoms with Crippen LogP contribution in [0, 0.1) is 0 Å². The van der Waals surface area contributed by atoms with Crippen LogP contribution in [0.2, 0.25) is 0 Å².